The lowest BCUT2D eigenvalue weighted by atomic mass is 10.0. The SMILES string of the molecule is CC(C)C[C@H](NC(=O)[C@H](N)CCS)C(=O)N[C@H](C(=O)N[C@H](CS)C(=O)O)[C@@H](C)O. The van der Waals surface area contributed by atoms with E-state index in [2.05, 4.69) is 41.2 Å². The highest BCUT2D eigenvalue weighted by Gasteiger charge is 2.32. The summed E-state index contributed by atoms with van der Waals surface area (Å²) in [4.78, 5) is 48.3. The highest BCUT2D eigenvalue weighted by molar-refractivity contribution is 7.80. The van der Waals surface area contributed by atoms with Crippen LogP contribution in [-0.2, 0) is 19.2 Å². The number of carboxylic acid groups (broad SMARTS) is 1. The van der Waals surface area contributed by atoms with Gasteiger partial charge in [0.25, 0.3) is 0 Å². The minimum Gasteiger partial charge on any atom is -0.480 e. The van der Waals surface area contributed by atoms with E-state index in [1.54, 1.807) is 0 Å². The van der Waals surface area contributed by atoms with E-state index >= 15 is 0 Å². The molecule has 29 heavy (non-hydrogen) atoms. The second-order valence-electron chi connectivity index (χ2n) is 7.12. The molecule has 5 atom stereocenters. The largest absolute Gasteiger partial charge is 0.480 e. The molecule has 0 aliphatic carbocycles. The summed E-state index contributed by atoms with van der Waals surface area (Å²) in [6.45, 7) is 4.98. The van der Waals surface area contributed by atoms with Gasteiger partial charge in [0.05, 0.1) is 12.1 Å². The number of amides is 3. The molecule has 0 aromatic rings. The van der Waals surface area contributed by atoms with Crippen LogP contribution in [-0.4, -0.2) is 75.7 Å². The first kappa shape index (κ1) is 27.5. The van der Waals surface area contributed by atoms with E-state index in [-0.39, 0.29) is 18.1 Å². The molecule has 0 radical (unpaired) electrons. The number of thiol groups is 2. The molecule has 0 aromatic carbocycles. The van der Waals surface area contributed by atoms with Crippen LogP contribution in [0, 0.1) is 5.92 Å². The van der Waals surface area contributed by atoms with E-state index in [0.717, 1.165) is 0 Å². The molecule has 0 unspecified atom stereocenters. The van der Waals surface area contributed by atoms with E-state index in [4.69, 9.17) is 10.8 Å². The van der Waals surface area contributed by atoms with Gasteiger partial charge in [-0.05, 0) is 31.4 Å². The van der Waals surface area contributed by atoms with Gasteiger partial charge in [-0.2, -0.15) is 25.3 Å². The van der Waals surface area contributed by atoms with Crippen molar-refractivity contribution < 1.29 is 29.4 Å². The van der Waals surface area contributed by atoms with Crippen molar-refractivity contribution in [1.29, 1.82) is 0 Å². The molecule has 0 saturated carbocycles. The Labute approximate surface area is 181 Å². The Morgan fingerprint density at radius 3 is 1.90 bits per heavy atom. The van der Waals surface area contributed by atoms with Crippen LogP contribution in [0.3, 0.4) is 0 Å². The monoisotopic (exact) mass is 452 g/mol. The van der Waals surface area contributed by atoms with Crippen LogP contribution in [0.1, 0.15) is 33.6 Å². The molecular formula is C17H32N4O6S2. The number of nitrogens with one attached hydrogen (secondary N) is 3. The van der Waals surface area contributed by atoms with Crippen molar-refractivity contribution in [2.75, 3.05) is 11.5 Å². The van der Waals surface area contributed by atoms with Crippen LogP contribution in [0.2, 0.25) is 0 Å². The summed E-state index contributed by atoms with van der Waals surface area (Å²) in [6, 6.07) is -4.52. The maximum Gasteiger partial charge on any atom is 0.327 e. The Morgan fingerprint density at radius 2 is 1.48 bits per heavy atom. The normalized spacial score (nSPS) is 16.3. The molecule has 0 aromatic heterocycles. The Balaban J connectivity index is 5.30. The number of aliphatic hydroxyl groups excluding tert-OH is 1. The van der Waals surface area contributed by atoms with E-state index in [1.165, 1.54) is 6.92 Å². The molecule has 0 aliphatic heterocycles. The van der Waals surface area contributed by atoms with Gasteiger partial charge >= 0.3 is 5.97 Å². The molecule has 3 amide bonds. The highest BCUT2D eigenvalue weighted by Crippen LogP contribution is 2.07. The van der Waals surface area contributed by atoms with Gasteiger partial charge in [0.1, 0.15) is 18.1 Å². The molecule has 0 fully saturated rings. The fourth-order valence-corrected chi connectivity index (χ4v) is 2.88. The lowest BCUT2D eigenvalue weighted by Gasteiger charge is -2.27. The Hall–Kier alpha value is -1.50. The molecule has 7 N–H and O–H groups in total. The van der Waals surface area contributed by atoms with Gasteiger partial charge in [-0.1, -0.05) is 13.8 Å². The molecule has 10 nitrogen and oxygen atoms in total. The lowest BCUT2D eigenvalue weighted by molar-refractivity contribution is -0.142. The first-order valence-corrected chi connectivity index (χ1v) is 10.5. The van der Waals surface area contributed by atoms with E-state index in [9.17, 15) is 24.3 Å². The predicted octanol–water partition coefficient (Wildman–Crippen LogP) is -1.47. The number of hydrogen-bond donors (Lipinski definition) is 8. The molecule has 0 aliphatic rings. The van der Waals surface area contributed by atoms with Crippen LogP contribution in [0.5, 0.6) is 0 Å². The standard InChI is InChI=1S/C17H32N4O6S2/c1-8(2)6-11(19-14(23)10(18)4-5-28)15(24)21-13(9(3)22)16(25)20-12(7-29)17(26)27/h8-13,22,28-29H,4-7,18H2,1-3H3,(H,19,23)(H,20,25)(H,21,24)(H,26,27)/t9-,10-,11+,12-,13+/m1/s1. The molecular weight excluding hydrogens is 420 g/mol. The molecule has 0 heterocycles. The summed E-state index contributed by atoms with van der Waals surface area (Å²) < 4.78 is 0. The average molecular weight is 453 g/mol. The van der Waals surface area contributed by atoms with Crippen LogP contribution in [0.4, 0.5) is 0 Å². The first-order chi connectivity index (χ1) is 13.4. The van der Waals surface area contributed by atoms with Crippen molar-refractivity contribution >= 4 is 48.9 Å². The van der Waals surface area contributed by atoms with Gasteiger partial charge in [-0.25, -0.2) is 4.79 Å². The topological polar surface area (TPSA) is 171 Å². The van der Waals surface area contributed by atoms with Gasteiger partial charge in [0.2, 0.25) is 17.7 Å². The van der Waals surface area contributed by atoms with E-state index in [1.807, 2.05) is 13.8 Å². The minimum absolute atomic E-state index is 0.0338. The third kappa shape index (κ3) is 10.2. The van der Waals surface area contributed by atoms with Crippen LogP contribution in [0.15, 0.2) is 0 Å². The third-order valence-corrected chi connectivity index (χ3v) is 4.60. The smallest absolute Gasteiger partial charge is 0.327 e. The lowest BCUT2D eigenvalue weighted by Crippen LogP contribution is -2.60. The third-order valence-electron chi connectivity index (χ3n) is 3.98. The fourth-order valence-electron chi connectivity index (χ4n) is 2.36. The van der Waals surface area contributed by atoms with Gasteiger partial charge in [0.15, 0.2) is 0 Å². The van der Waals surface area contributed by atoms with Crippen molar-refractivity contribution in [3.8, 4) is 0 Å². The Morgan fingerprint density at radius 1 is 0.931 bits per heavy atom. The molecule has 0 bridgehead atoms. The zero-order valence-corrected chi connectivity index (χ0v) is 18.6. The number of carbonyl (C=O) groups is 4. The second kappa shape index (κ2) is 13.7. The summed E-state index contributed by atoms with van der Waals surface area (Å²) in [5, 5.41) is 26.1. The summed E-state index contributed by atoms with van der Waals surface area (Å²) >= 11 is 7.88. The summed E-state index contributed by atoms with van der Waals surface area (Å²) in [6.07, 6.45) is -0.715. The van der Waals surface area contributed by atoms with Crippen LogP contribution < -0.4 is 21.7 Å². The Bertz CT molecular complexity index is 576. The second-order valence-corrected chi connectivity index (χ2v) is 7.93. The molecule has 0 spiro atoms. The number of aliphatic carboxylic acids is 1. The van der Waals surface area contributed by atoms with Crippen molar-refractivity contribution in [3.05, 3.63) is 0 Å². The number of carboxylic acids is 1. The number of carbonyl (C=O) groups excluding carboxylic acids is 3. The molecule has 12 heteroatoms. The van der Waals surface area contributed by atoms with Crippen LogP contribution >= 0.6 is 25.3 Å². The quantitative estimate of drug-likeness (QED) is 0.158. The van der Waals surface area contributed by atoms with Crippen molar-refractivity contribution in [2.45, 2.75) is 63.9 Å². The molecule has 168 valence electrons. The predicted molar refractivity (Wildman–Crippen MR) is 115 cm³/mol. The maximum atomic E-state index is 12.7. The number of nitrogens with two attached hydrogens (primary N) is 1. The number of hydrogen-bond acceptors (Lipinski definition) is 8. The summed E-state index contributed by atoms with van der Waals surface area (Å²) in [5.41, 5.74) is 5.74. The summed E-state index contributed by atoms with van der Waals surface area (Å²) in [5.74, 6) is -3.13. The van der Waals surface area contributed by atoms with Gasteiger partial charge in [0, 0.05) is 5.75 Å². The zero-order valence-electron chi connectivity index (χ0n) is 16.8. The fraction of sp³-hybridized carbons (Fsp3) is 0.765. The number of aliphatic hydroxyl groups is 1. The van der Waals surface area contributed by atoms with E-state index in [0.29, 0.717) is 12.2 Å². The average Bonchev–Trinajstić information content (AvgIpc) is 2.62. The van der Waals surface area contributed by atoms with Gasteiger partial charge in [-0.3, -0.25) is 14.4 Å². The number of rotatable bonds is 13. The van der Waals surface area contributed by atoms with Gasteiger partial charge in [-0.15, -0.1) is 0 Å². The highest BCUT2D eigenvalue weighted by atomic mass is 32.1. The zero-order chi connectivity index (χ0) is 22.7. The van der Waals surface area contributed by atoms with Crippen molar-refractivity contribution in [3.63, 3.8) is 0 Å². The van der Waals surface area contributed by atoms with Crippen LogP contribution in [0.25, 0.3) is 0 Å². The summed E-state index contributed by atoms with van der Waals surface area (Å²) in [7, 11) is 0. The first-order valence-electron chi connectivity index (χ1n) is 9.23. The maximum absolute atomic E-state index is 12.7. The molecule has 0 rings (SSSR count). The van der Waals surface area contributed by atoms with E-state index < -0.39 is 54.0 Å². The minimum atomic E-state index is -1.41. The van der Waals surface area contributed by atoms with Crippen molar-refractivity contribution in [1.82, 2.24) is 16.0 Å². The van der Waals surface area contributed by atoms with Gasteiger partial charge < -0.3 is 31.9 Å². The van der Waals surface area contributed by atoms with Crippen molar-refractivity contribution in [2.24, 2.45) is 11.7 Å². The Kier molecular flexibility index (Phi) is 13.0. The molecule has 0 saturated heterocycles.